The van der Waals surface area contributed by atoms with Crippen LogP contribution in [0, 0.1) is 13.8 Å². The lowest BCUT2D eigenvalue weighted by atomic mass is 10.1. The molecule has 3 rings (SSSR count). The van der Waals surface area contributed by atoms with Gasteiger partial charge < -0.3 is 19.5 Å². The molecule has 0 aromatic heterocycles. The fourth-order valence-electron chi connectivity index (χ4n) is 3.35. The summed E-state index contributed by atoms with van der Waals surface area (Å²) in [6.45, 7) is 5.75. The Labute approximate surface area is 206 Å². The Morgan fingerprint density at radius 3 is 2.26 bits per heavy atom. The van der Waals surface area contributed by atoms with Crippen molar-refractivity contribution in [2.45, 2.75) is 38.2 Å². The lowest BCUT2D eigenvalue weighted by molar-refractivity contribution is -0.122. The van der Waals surface area contributed by atoms with E-state index in [1.165, 1.54) is 44.6 Å². The number of amides is 1. The number of hydrogen-bond acceptors (Lipinski definition) is 6. The zero-order chi connectivity index (χ0) is 25.6. The molecule has 3 aromatic carbocycles. The van der Waals surface area contributed by atoms with Crippen LogP contribution in [-0.2, 0) is 14.8 Å². The lowest BCUT2D eigenvalue weighted by Gasteiger charge is -2.19. The average molecular weight is 499 g/mol. The van der Waals surface area contributed by atoms with Gasteiger partial charge in [-0.1, -0.05) is 19.1 Å². The Morgan fingerprint density at radius 2 is 1.63 bits per heavy atom. The predicted octanol–water partition coefficient (Wildman–Crippen LogP) is 4.92. The van der Waals surface area contributed by atoms with Gasteiger partial charge in [-0.05, 0) is 73.9 Å². The summed E-state index contributed by atoms with van der Waals surface area (Å²) < 4.78 is 44.7. The highest BCUT2D eigenvalue weighted by atomic mass is 32.2. The first-order valence-electron chi connectivity index (χ1n) is 11.1. The van der Waals surface area contributed by atoms with E-state index in [2.05, 4.69) is 10.0 Å². The molecule has 0 radical (unpaired) electrons. The van der Waals surface area contributed by atoms with Gasteiger partial charge in [-0.15, -0.1) is 0 Å². The molecule has 0 fully saturated rings. The van der Waals surface area contributed by atoms with E-state index >= 15 is 0 Å². The first-order valence-corrected chi connectivity index (χ1v) is 12.5. The monoisotopic (exact) mass is 498 g/mol. The van der Waals surface area contributed by atoms with Crippen LogP contribution >= 0.6 is 0 Å². The van der Waals surface area contributed by atoms with E-state index in [9.17, 15) is 13.2 Å². The maximum Gasteiger partial charge on any atom is 0.265 e. The van der Waals surface area contributed by atoms with E-state index in [0.717, 1.165) is 11.1 Å². The smallest absolute Gasteiger partial charge is 0.265 e. The predicted molar refractivity (Wildman–Crippen MR) is 136 cm³/mol. The number of nitrogens with one attached hydrogen (secondary N) is 2. The number of hydrogen-bond donors (Lipinski definition) is 2. The van der Waals surface area contributed by atoms with Crippen LogP contribution in [0.15, 0.2) is 65.6 Å². The van der Waals surface area contributed by atoms with Crippen molar-refractivity contribution in [2.75, 3.05) is 24.3 Å². The van der Waals surface area contributed by atoms with Gasteiger partial charge in [0.15, 0.2) is 6.10 Å². The van der Waals surface area contributed by atoms with Crippen molar-refractivity contribution in [3.05, 3.63) is 71.8 Å². The quantitative estimate of drug-likeness (QED) is 0.411. The van der Waals surface area contributed by atoms with Crippen molar-refractivity contribution in [3.8, 4) is 17.2 Å². The van der Waals surface area contributed by atoms with Crippen molar-refractivity contribution < 1.29 is 27.4 Å². The Balaban J connectivity index is 1.72. The van der Waals surface area contributed by atoms with Gasteiger partial charge in [0, 0.05) is 11.8 Å². The SMILES string of the molecule is CC[C@@H](Oc1cc(C)ccc1C)C(=O)Nc1ccc(S(=O)(=O)Nc2cc(OC)ccc2OC)cc1. The van der Waals surface area contributed by atoms with E-state index in [4.69, 9.17) is 14.2 Å². The summed E-state index contributed by atoms with van der Waals surface area (Å²) in [5, 5.41) is 2.79. The molecule has 1 amide bonds. The fraction of sp³-hybridized carbons (Fsp3) is 0.269. The van der Waals surface area contributed by atoms with Gasteiger partial charge in [0.2, 0.25) is 0 Å². The number of carbonyl (C=O) groups is 1. The van der Waals surface area contributed by atoms with Crippen LogP contribution in [0.5, 0.6) is 17.2 Å². The zero-order valence-electron chi connectivity index (χ0n) is 20.4. The normalized spacial score (nSPS) is 11.9. The molecule has 0 aliphatic rings. The number of anilines is 2. The molecule has 3 aromatic rings. The third kappa shape index (κ3) is 6.45. The van der Waals surface area contributed by atoms with Gasteiger partial charge in [0.25, 0.3) is 15.9 Å². The third-order valence-corrected chi connectivity index (χ3v) is 6.74. The highest BCUT2D eigenvalue weighted by Crippen LogP contribution is 2.31. The van der Waals surface area contributed by atoms with Crippen molar-refractivity contribution in [1.29, 1.82) is 0 Å². The van der Waals surface area contributed by atoms with Crippen LogP contribution in [0.1, 0.15) is 24.5 Å². The van der Waals surface area contributed by atoms with Crippen LogP contribution in [0.25, 0.3) is 0 Å². The minimum Gasteiger partial charge on any atom is -0.497 e. The minimum absolute atomic E-state index is 0.0269. The molecular formula is C26H30N2O6S. The molecule has 0 saturated heterocycles. The van der Waals surface area contributed by atoms with Crippen LogP contribution in [0.2, 0.25) is 0 Å². The Morgan fingerprint density at radius 1 is 0.914 bits per heavy atom. The first-order chi connectivity index (χ1) is 16.7. The summed E-state index contributed by atoms with van der Waals surface area (Å²) in [6.07, 6.45) is -0.223. The molecule has 9 heteroatoms. The molecule has 0 heterocycles. The molecule has 0 aliphatic carbocycles. The van der Waals surface area contributed by atoms with Crippen molar-refractivity contribution in [2.24, 2.45) is 0 Å². The molecule has 2 N–H and O–H groups in total. The molecule has 186 valence electrons. The third-order valence-electron chi connectivity index (χ3n) is 5.36. The summed E-state index contributed by atoms with van der Waals surface area (Å²) >= 11 is 0. The molecule has 0 bridgehead atoms. The molecule has 1 atom stereocenters. The van der Waals surface area contributed by atoms with Crippen LogP contribution < -0.4 is 24.2 Å². The molecule has 35 heavy (non-hydrogen) atoms. The van der Waals surface area contributed by atoms with Gasteiger partial charge in [-0.3, -0.25) is 9.52 Å². The molecule has 8 nitrogen and oxygen atoms in total. The molecule has 0 unspecified atom stereocenters. The summed E-state index contributed by atoms with van der Waals surface area (Å²) in [6, 6.07) is 16.5. The van der Waals surface area contributed by atoms with Crippen LogP contribution in [0.4, 0.5) is 11.4 Å². The summed E-state index contributed by atoms with van der Waals surface area (Å²) in [4.78, 5) is 12.8. The highest BCUT2D eigenvalue weighted by Gasteiger charge is 2.21. The second kappa shape index (κ2) is 11.1. The van der Waals surface area contributed by atoms with E-state index < -0.39 is 16.1 Å². The molecule has 0 aliphatic heterocycles. The standard InChI is InChI=1S/C26H30N2O6S/c1-6-23(34-25-15-17(2)7-8-18(25)3)26(29)27-19-9-12-21(13-10-19)35(30,31)28-22-16-20(32-4)11-14-24(22)33-5/h7-16,23,28H,6H2,1-5H3,(H,27,29)/t23-/m1/s1. The Bertz CT molecular complexity index is 1290. The van der Waals surface area contributed by atoms with Crippen molar-refractivity contribution in [1.82, 2.24) is 0 Å². The maximum absolute atomic E-state index is 12.9. The summed E-state index contributed by atoms with van der Waals surface area (Å²) in [7, 11) is -0.971. The van der Waals surface area contributed by atoms with Crippen molar-refractivity contribution in [3.63, 3.8) is 0 Å². The van der Waals surface area contributed by atoms with E-state index in [0.29, 0.717) is 29.4 Å². The lowest BCUT2D eigenvalue weighted by Crippen LogP contribution is -2.32. The van der Waals surface area contributed by atoms with Gasteiger partial charge in [0.1, 0.15) is 17.2 Å². The van der Waals surface area contributed by atoms with Crippen LogP contribution in [-0.4, -0.2) is 34.6 Å². The number of rotatable bonds is 10. The highest BCUT2D eigenvalue weighted by molar-refractivity contribution is 7.92. The van der Waals surface area contributed by atoms with Crippen molar-refractivity contribution >= 4 is 27.3 Å². The van der Waals surface area contributed by atoms with E-state index in [1.807, 2.05) is 39.0 Å². The van der Waals surface area contributed by atoms with Gasteiger partial charge >= 0.3 is 0 Å². The second-order valence-electron chi connectivity index (χ2n) is 7.97. The Hall–Kier alpha value is -3.72. The second-order valence-corrected chi connectivity index (χ2v) is 9.65. The fourth-order valence-corrected chi connectivity index (χ4v) is 4.41. The minimum atomic E-state index is -3.91. The molecule has 0 saturated carbocycles. The number of sulfonamides is 1. The summed E-state index contributed by atoms with van der Waals surface area (Å²) in [5.41, 5.74) is 2.68. The van der Waals surface area contributed by atoms with E-state index in [1.54, 1.807) is 12.1 Å². The van der Waals surface area contributed by atoms with Gasteiger partial charge in [-0.2, -0.15) is 0 Å². The van der Waals surface area contributed by atoms with Crippen LogP contribution in [0.3, 0.4) is 0 Å². The first kappa shape index (κ1) is 25.9. The topological polar surface area (TPSA) is 103 Å². The number of carbonyl (C=O) groups excluding carboxylic acids is 1. The zero-order valence-corrected chi connectivity index (χ0v) is 21.2. The van der Waals surface area contributed by atoms with Gasteiger partial charge in [-0.25, -0.2) is 8.42 Å². The molecule has 0 spiro atoms. The maximum atomic E-state index is 12.9. The van der Waals surface area contributed by atoms with Gasteiger partial charge in [0.05, 0.1) is 24.8 Å². The number of benzene rings is 3. The largest absolute Gasteiger partial charge is 0.497 e. The van der Waals surface area contributed by atoms with E-state index in [-0.39, 0.29) is 16.5 Å². The number of ether oxygens (including phenoxy) is 3. The molecular weight excluding hydrogens is 468 g/mol. The Kier molecular flexibility index (Phi) is 8.24. The average Bonchev–Trinajstić information content (AvgIpc) is 2.84. The number of methoxy groups -OCH3 is 2. The summed E-state index contributed by atoms with van der Waals surface area (Å²) in [5.74, 6) is 1.18. The number of aryl methyl sites for hydroxylation is 2.